The predicted octanol–water partition coefficient (Wildman–Crippen LogP) is 8.05. The Labute approximate surface area is 306 Å². The second-order valence-corrected chi connectivity index (χ2v) is 13.2. The molecule has 0 bridgehead atoms. The number of ether oxygens (including phenoxy) is 6. The summed E-state index contributed by atoms with van der Waals surface area (Å²) in [6.07, 6.45) is 0.226. The fourth-order valence-electron chi connectivity index (χ4n) is 6.88. The first kappa shape index (κ1) is 35.9. The summed E-state index contributed by atoms with van der Waals surface area (Å²) in [5.74, 6) is -1.33. The van der Waals surface area contributed by atoms with Crippen LogP contribution in [0.2, 0.25) is 0 Å². The van der Waals surface area contributed by atoms with Crippen LogP contribution in [0, 0.1) is 0 Å². The van der Waals surface area contributed by atoms with Gasteiger partial charge in [-0.05, 0) is 57.5 Å². The minimum Gasteiger partial charge on any atom is -0.392 e. The lowest BCUT2D eigenvalue weighted by molar-refractivity contribution is -0.365. The van der Waals surface area contributed by atoms with Gasteiger partial charge in [0.15, 0.2) is 0 Å². The quantitative estimate of drug-likeness (QED) is 0.119. The second kappa shape index (κ2) is 17.9. The van der Waals surface area contributed by atoms with Gasteiger partial charge in [-0.25, -0.2) is 0 Å². The van der Waals surface area contributed by atoms with Gasteiger partial charge in [0.25, 0.3) is 0 Å². The monoisotopic (exact) mass is 698 g/mol. The number of hydrogen-bond acceptors (Lipinski definition) is 7. The summed E-state index contributed by atoms with van der Waals surface area (Å²) >= 11 is 0. The lowest BCUT2D eigenvalue weighted by Crippen LogP contribution is -2.68. The molecule has 268 valence electrons. The van der Waals surface area contributed by atoms with Crippen LogP contribution in [0.3, 0.4) is 0 Å². The van der Waals surface area contributed by atoms with Crippen LogP contribution in [0.1, 0.15) is 39.8 Å². The van der Waals surface area contributed by atoms with E-state index in [-0.39, 0.29) is 13.2 Å². The topological polar surface area (TPSA) is 75.6 Å². The summed E-state index contributed by atoms with van der Waals surface area (Å²) in [5.41, 5.74) is 7.04. The van der Waals surface area contributed by atoms with E-state index < -0.39 is 30.2 Å². The number of rotatable bonds is 15. The van der Waals surface area contributed by atoms with Crippen LogP contribution in [-0.2, 0) is 61.5 Å². The molecular formula is C45H46O7. The largest absolute Gasteiger partial charge is 0.392 e. The highest BCUT2D eigenvalue weighted by Crippen LogP contribution is 2.43. The Bertz CT molecular complexity index is 1830. The van der Waals surface area contributed by atoms with Crippen molar-refractivity contribution in [2.75, 3.05) is 13.2 Å². The van der Waals surface area contributed by atoms with Crippen LogP contribution in [0.25, 0.3) is 5.57 Å². The number of benzene rings is 5. The molecule has 0 radical (unpaired) electrons. The Morgan fingerprint density at radius 3 is 1.67 bits per heavy atom. The number of aliphatic hydroxyl groups excluding tert-OH is 1. The van der Waals surface area contributed by atoms with Crippen molar-refractivity contribution in [1.29, 1.82) is 0 Å². The maximum Gasteiger partial charge on any atom is 0.218 e. The molecule has 2 heterocycles. The highest BCUT2D eigenvalue weighted by molar-refractivity contribution is 5.68. The molecule has 1 fully saturated rings. The van der Waals surface area contributed by atoms with Crippen LogP contribution in [0.5, 0.6) is 0 Å². The zero-order valence-electron chi connectivity index (χ0n) is 29.3. The SMILES string of the molecule is OCc1cccc(C2=C[C@]3(OCC2)O[C@H](COCc2ccccc2)[C@@H](OCc2ccccc2)[C@H](OCc2ccccc2)[C@H]3OCc2ccccc2)c1. The van der Waals surface area contributed by atoms with Crippen molar-refractivity contribution in [3.05, 3.63) is 185 Å². The van der Waals surface area contributed by atoms with Crippen LogP contribution in [-0.4, -0.2) is 48.5 Å². The lowest BCUT2D eigenvalue weighted by Gasteiger charge is -2.52. The fraction of sp³-hybridized carbons (Fsp3) is 0.289. The van der Waals surface area contributed by atoms with E-state index >= 15 is 0 Å². The molecule has 2 aliphatic rings. The van der Waals surface area contributed by atoms with E-state index in [0.29, 0.717) is 39.5 Å². The highest BCUT2D eigenvalue weighted by Gasteiger charge is 2.58. The first-order chi connectivity index (χ1) is 25.7. The molecule has 5 aromatic carbocycles. The minimum atomic E-state index is -1.33. The molecule has 7 nitrogen and oxygen atoms in total. The second-order valence-electron chi connectivity index (χ2n) is 13.2. The van der Waals surface area contributed by atoms with Gasteiger partial charge in [0.1, 0.15) is 24.4 Å². The van der Waals surface area contributed by atoms with Gasteiger partial charge in [-0.2, -0.15) is 0 Å². The zero-order chi connectivity index (χ0) is 35.4. The summed E-state index contributed by atoms with van der Waals surface area (Å²) in [4.78, 5) is 0. The molecule has 0 amide bonds. The van der Waals surface area contributed by atoms with Gasteiger partial charge in [-0.1, -0.05) is 140 Å². The van der Waals surface area contributed by atoms with Crippen LogP contribution in [0.4, 0.5) is 0 Å². The van der Waals surface area contributed by atoms with Gasteiger partial charge in [-0.3, -0.25) is 0 Å². The normalized spacial score (nSPS) is 23.0. The molecule has 1 N–H and O–H groups in total. The summed E-state index contributed by atoms with van der Waals surface area (Å²) < 4.78 is 41.0. The van der Waals surface area contributed by atoms with Gasteiger partial charge in [0.05, 0.1) is 46.2 Å². The Morgan fingerprint density at radius 1 is 0.577 bits per heavy atom. The van der Waals surface area contributed by atoms with Crippen molar-refractivity contribution in [2.45, 2.75) is 69.7 Å². The standard InChI is InChI=1S/C45H46O7/c46-28-38-22-13-23-39(26-38)40-24-25-51-45(27-40)44(50-32-37-20-11-4-12-21-37)43(49-31-36-18-9-3-10-19-36)42(48-30-35-16-7-2-8-17-35)41(52-45)33-47-29-34-14-5-1-6-15-34/h1-23,26-27,41-44,46H,24-25,28-33H2/t41-,42-,43+,44-,45+/m1/s1. The molecule has 5 aromatic rings. The summed E-state index contributed by atoms with van der Waals surface area (Å²) in [6.45, 7) is 2.01. The van der Waals surface area contributed by atoms with Gasteiger partial charge >= 0.3 is 0 Å². The molecule has 1 saturated heterocycles. The molecule has 52 heavy (non-hydrogen) atoms. The third-order valence-electron chi connectivity index (χ3n) is 9.51. The van der Waals surface area contributed by atoms with Crippen molar-refractivity contribution < 1.29 is 33.5 Å². The minimum absolute atomic E-state index is 0.0429. The molecule has 7 rings (SSSR count). The van der Waals surface area contributed by atoms with E-state index in [0.717, 1.165) is 39.0 Å². The smallest absolute Gasteiger partial charge is 0.218 e. The van der Waals surface area contributed by atoms with Crippen molar-refractivity contribution >= 4 is 5.57 Å². The lowest BCUT2D eigenvalue weighted by atomic mass is 9.87. The van der Waals surface area contributed by atoms with E-state index in [1.807, 2.05) is 115 Å². The van der Waals surface area contributed by atoms with E-state index in [9.17, 15) is 5.11 Å². The van der Waals surface area contributed by atoms with Crippen LogP contribution < -0.4 is 0 Å². The molecule has 7 heteroatoms. The first-order valence-corrected chi connectivity index (χ1v) is 18.0. The van der Waals surface area contributed by atoms with E-state index in [1.54, 1.807) is 0 Å². The van der Waals surface area contributed by atoms with Gasteiger partial charge in [-0.15, -0.1) is 0 Å². The van der Waals surface area contributed by atoms with Gasteiger partial charge in [0.2, 0.25) is 5.79 Å². The molecule has 0 aromatic heterocycles. The maximum absolute atomic E-state index is 9.94. The molecule has 5 atom stereocenters. The van der Waals surface area contributed by atoms with Crippen molar-refractivity contribution in [3.63, 3.8) is 0 Å². The first-order valence-electron chi connectivity index (χ1n) is 18.0. The molecule has 0 saturated carbocycles. The molecule has 0 aliphatic carbocycles. The molecule has 0 unspecified atom stereocenters. The number of hydrogen-bond donors (Lipinski definition) is 1. The fourth-order valence-corrected chi connectivity index (χ4v) is 6.88. The Balaban J connectivity index is 1.29. The van der Waals surface area contributed by atoms with Gasteiger partial charge < -0.3 is 33.5 Å². The van der Waals surface area contributed by atoms with E-state index in [4.69, 9.17) is 28.4 Å². The van der Waals surface area contributed by atoms with Crippen molar-refractivity contribution in [3.8, 4) is 0 Å². The third-order valence-corrected chi connectivity index (χ3v) is 9.51. The molecular weight excluding hydrogens is 652 g/mol. The van der Waals surface area contributed by atoms with E-state index in [2.05, 4.69) is 36.4 Å². The Kier molecular flexibility index (Phi) is 12.3. The average Bonchev–Trinajstić information content (AvgIpc) is 3.21. The average molecular weight is 699 g/mol. The third kappa shape index (κ3) is 9.13. The number of aliphatic hydroxyl groups is 1. The van der Waals surface area contributed by atoms with Crippen LogP contribution in [0.15, 0.2) is 152 Å². The summed E-state index contributed by atoms with van der Waals surface area (Å²) in [6, 6.07) is 48.4. The summed E-state index contributed by atoms with van der Waals surface area (Å²) in [7, 11) is 0. The van der Waals surface area contributed by atoms with Crippen molar-refractivity contribution in [2.24, 2.45) is 0 Å². The Hall–Kier alpha value is -4.44. The molecule has 2 aliphatic heterocycles. The summed E-state index contributed by atoms with van der Waals surface area (Å²) in [5, 5.41) is 9.94. The maximum atomic E-state index is 9.94. The van der Waals surface area contributed by atoms with Crippen LogP contribution >= 0.6 is 0 Å². The Morgan fingerprint density at radius 2 is 1.10 bits per heavy atom. The predicted molar refractivity (Wildman–Crippen MR) is 200 cm³/mol. The molecule has 1 spiro atoms. The van der Waals surface area contributed by atoms with E-state index in [1.165, 1.54) is 0 Å². The zero-order valence-corrected chi connectivity index (χ0v) is 29.3. The van der Waals surface area contributed by atoms with Crippen molar-refractivity contribution in [1.82, 2.24) is 0 Å². The van der Waals surface area contributed by atoms with Gasteiger partial charge in [0, 0.05) is 0 Å². The highest BCUT2D eigenvalue weighted by atomic mass is 16.7.